The van der Waals surface area contributed by atoms with Crippen molar-refractivity contribution in [3.05, 3.63) is 35.3 Å². The molecule has 1 aromatic carbocycles. The van der Waals surface area contributed by atoms with Crippen LogP contribution in [0.1, 0.15) is 19.0 Å². The Morgan fingerprint density at radius 2 is 1.88 bits per heavy atom. The van der Waals surface area contributed by atoms with Gasteiger partial charge in [-0.3, -0.25) is 4.98 Å². The standard InChI is InChI=1S/C12H11F3N2/c1-2-3-6-4-8(16)10-9(17-6)5-7(13)11(14)12(10)15/h4-5H,2-3H2,1H3,(H2,16,17). The lowest BCUT2D eigenvalue weighted by atomic mass is 10.1. The van der Waals surface area contributed by atoms with Gasteiger partial charge in [0.1, 0.15) is 0 Å². The van der Waals surface area contributed by atoms with Crippen LogP contribution in [0.5, 0.6) is 0 Å². The van der Waals surface area contributed by atoms with E-state index >= 15 is 0 Å². The molecular weight excluding hydrogens is 229 g/mol. The quantitative estimate of drug-likeness (QED) is 0.819. The van der Waals surface area contributed by atoms with Crippen LogP contribution in [0.2, 0.25) is 0 Å². The first-order chi connectivity index (χ1) is 8.04. The van der Waals surface area contributed by atoms with Crippen molar-refractivity contribution in [2.45, 2.75) is 19.8 Å². The van der Waals surface area contributed by atoms with Gasteiger partial charge in [-0.05, 0) is 12.5 Å². The van der Waals surface area contributed by atoms with E-state index in [0.717, 1.165) is 12.5 Å². The van der Waals surface area contributed by atoms with E-state index in [9.17, 15) is 13.2 Å². The number of aryl methyl sites for hydroxylation is 1. The van der Waals surface area contributed by atoms with Gasteiger partial charge in [-0.15, -0.1) is 0 Å². The third kappa shape index (κ3) is 1.92. The number of halogens is 3. The molecule has 0 radical (unpaired) electrons. The zero-order valence-corrected chi connectivity index (χ0v) is 9.23. The molecular formula is C12H11F3N2. The van der Waals surface area contributed by atoms with Gasteiger partial charge in [0.05, 0.1) is 10.9 Å². The van der Waals surface area contributed by atoms with Crippen LogP contribution in [0.25, 0.3) is 10.9 Å². The van der Waals surface area contributed by atoms with E-state index < -0.39 is 17.5 Å². The third-order valence-corrected chi connectivity index (χ3v) is 2.52. The van der Waals surface area contributed by atoms with Crippen molar-refractivity contribution >= 4 is 16.6 Å². The molecule has 5 heteroatoms. The molecule has 0 spiro atoms. The highest BCUT2D eigenvalue weighted by Crippen LogP contribution is 2.27. The fraction of sp³-hybridized carbons (Fsp3) is 0.250. The Morgan fingerprint density at radius 1 is 1.18 bits per heavy atom. The van der Waals surface area contributed by atoms with E-state index in [0.29, 0.717) is 12.1 Å². The molecule has 2 rings (SSSR count). The lowest BCUT2D eigenvalue weighted by molar-refractivity contribution is 0.453. The molecule has 0 aliphatic heterocycles. The van der Waals surface area contributed by atoms with Crippen molar-refractivity contribution in [2.24, 2.45) is 0 Å². The molecule has 0 aliphatic rings. The lowest BCUT2D eigenvalue weighted by Crippen LogP contribution is -2.01. The molecule has 2 aromatic rings. The Kier molecular flexibility index (Phi) is 2.92. The van der Waals surface area contributed by atoms with Crippen LogP contribution >= 0.6 is 0 Å². The van der Waals surface area contributed by atoms with E-state index in [1.807, 2.05) is 6.92 Å². The average Bonchev–Trinajstić information content (AvgIpc) is 2.25. The Hall–Kier alpha value is -1.78. The molecule has 1 heterocycles. The topological polar surface area (TPSA) is 38.9 Å². The highest BCUT2D eigenvalue weighted by Gasteiger charge is 2.17. The summed E-state index contributed by atoms with van der Waals surface area (Å²) in [6.07, 6.45) is 1.49. The molecule has 0 saturated carbocycles. The number of nitrogen functional groups attached to an aromatic ring is 1. The first kappa shape index (κ1) is 11.7. The summed E-state index contributed by atoms with van der Waals surface area (Å²) in [5, 5.41) is -0.163. The maximum Gasteiger partial charge on any atom is 0.195 e. The van der Waals surface area contributed by atoms with Crippen molar-refractivity contribution in [1.82, 2.24) is 4.98 Å². The normalized spacial score (nSPS) is 11.1. The molecule has 0 amide bonds. The number of nitrogens with zero attached hydrogens (tertiary/aromatic N) is 1. The number of hydrogen-bond donors (Lipinski definition) is 1. The van der Waals surface area contributed by atoms with E-state index in [2.05, 4.69) is 4.98 Å². The van der Waals surface area contributed by atoms with Crippen molar-refractivity contribution in [1.29, 1.82) is 0 Å². The molecule has 0 bridgehead atoms. The van der Waals surface area contributed by atoms with E-state index in [-0.39, 0.29) is 16.6 Å². The summed E-state index contributed by atoms with van der Waals surface area (Å²) in [6, 6.07) is 2.36. The van der Waals surface area contributed by atoms with Crippen LogP contribution in [0, 0.1) is 17.5 Å². The van der Waals surface area contributed by atoms with Gasteiger partial charge in [0.2, 0.25) is 0 Å². The van der Waals surface area contributed by atoms with Crippen LogP contribution in [0.3, 0.4) is 0 Å². The monoisotopic (exact) mass is 240 g/mol. The SMILES string of the molecule is CCCc1cc(N)c2c(F)c(F)c(F)cc2n1. The van der Waals surface area contributed by atoms with Crippen LogP contribution in [0.15, 0.2) is 12.1 Å². The summed E-state index contributed by atoms with van der Waals surface area (Å²) in [5.41, 5.74) is 6.40. The molecule has 0 aliphatic carbocycles. The second-order valence-electron chi connectivity index (χ2n) is 3.83. The first-order valence-corrected chi connectivity index (χ1v) is 5.27. The predicted octanol–water partition coefficient (Wildman–Crippen LogP) is 3.19. The molecule has 17 heavy (non-hydrogen) atoms. The van der Waals surface area contributed by atoms with Crippen molar-refractivity contribution in [3.8, 4) is 0 Å². The number of benzene rings is 1. The van der Waals surface area contributed by atoms with E-state index in [1.54, 1.807) is 0 Å². The molecule has 2 nitrogen and oxygen atoms in total. The third-order valence-electron chi connectivity index (χ3n) is 2.52. The minimum atomic E-state index is -1.52. The minimum Gasteiger partial charge on any atom is -0.398 e. The molecule has 0 saturated heterocycles. The Morgan fingerprint density at radius 3 is 2.53 bits per heavy atom. The summed E-state index contributed by atoms with van der Waals surface area (Å²) in [6.45, 7) is 1.95. The molecule has 0 atom stereocenters. The number of rotatable bonds is 2. The van der Waals surface area contributed by atoms with Gasteiger partial charge in [0.15, 0.2) is 17.5 Å². The second-order valence-corrected chi connectivity index (χ2v) is 3.83. The number of fused-ring (bicyclic) bond motifs is 1. The van der Waals surface area contributed by atoms with Crippen LogP contribution in [0.4, 0.5) is 18.9 Å². The molecule has 2 N–H and O–H groups in total. The van der Waals surface area contributed by atoms with Crippen LogP contribution in [-0.2, 0) is 6.42 Å². The fourth-order valence-corrected chi connectivity index (χ4v) is 1.77. The van der Waals surface area contributed by atoms with E-state index in [1.165, 1.54) is 6.07 Å². The summed E-state index contributed by atoms with van der Waals surface area (Å²) in [4.78, 5) is 4.06. The fourth-order valence-electron chi connectivity index (χ4n) is 1.77. The van der Waals surface area contributed by atoms with Crippen molar-refractivity contribution < 1.29 is 13.2 Å². The number of hydrogen-bond acceptors (Lipinski definition) is 2. The van der Waals surface area contributed by atoms with Crippen molar-refractivity contribution in [2.75, 3.05) is 5.73 Å². The van der Waals surface area contributed by atoms with Gasteiger partial charge >= 0.3 is 0 Å². The molecule has 1 aromatic heterocycles. The maximum absolute atomic E-state index is 13.5. The zero-order chi connectivity index (χ0) is 12.6. The maximum atomic E-state index is 13.5. The molecule has 90 valence electrons. The summed E-state index contributed by atoms with van der Waals surface area (Å²) in [5.74, 6) is -4.06. The van der Waals surface area contributed by atoms with Crippen molar-refractivity contribution in [3.63, 3.8) is 0 Å². The van der Waals surface area contributed by atoms with Gasteiger partial charge < -0.3 is 5.73 Å². The second kappa shape index (κ2) is 4.24. The molecule has 0 fully saturated rings. The lowest BCUT2D eigenvalue weighted by Gasteiger charge is -2.07. The summed E-state index contributed by atoms with van der Waals surface area (Å²) in [7, 11) is 0. The van der Waals surface area contributed by atoms with Gasteiger partial charge in [0, 0.05) is 17.4 Å². The van der Waals surface area contributed by atoms with Gasteiger partial charge in [-0.2, -0.15) is 0 Å². The zero-order valence-electron chi connectivity index (χ0n) is 9.23. The van der Waals surface area contributed by atoms with Gasteiger partial charge in [-0.1, -0.05) is 13.3 Å². The number of pyridine rings is 1. The largest absolute Gasteiger partial charge is 0.398 e. The predicted molar refractivity (Wildman–Crippen MR) is 60.0 cm³/mol. The van der Waals surface area contributed by atoms with Crippen LogP contribution in [-0.4, -0.2) is 4.98 Å². The Bertz CT molecular complexity index is 582. The van der Waals surface area contributed by atoms with Gasteiger partial charge in [0.25, 0.3) is 0 Å². The highest BCUT2D eigenvalue weighted by atomic mass is 19.2. The number of aromatic nitrogens is 1. The molecule has 0 unspecified atom stereocenters. The summed E-state index contributed by atoms with van der Waals surface area (Å²) < 4.78 is 39.6. The summed E-state index contributed by atoms with van der Waals surface area (Å²) >= 11 is 0. The average molecular weight is 240 g/mol. The number of anilines is 1. The highest BCUT2D eigenvalue weighted by molar-refractivity contribution is 5.91. The minimum absolute atomic E-state index is 0.0462. The number of nitrogens with two attached hydrogens (primary N) is 1. The van der Waals surface area contributed by atoms with Gasteiger partial charge in [-0.25, -0.2) is 13.2 Å². The smallest absolute Gasteiger partial charge is 0.195 e. The Labute approximate surface area is 96.3 Å². The van der Waals surface area contributed by atoms with Crippen LogP contribution < -0.4 is 5.73 Å². The Balaban J connectivity index is 2.77. The first-order valence-electron chi connectivity index (χ1n) is 5.27. The van der Waals surface area contributed by atoms with E-state index in [4.69, 9.17) is 5.73 Å².